The Kier molecular flexibility index (Phi) is 4.98. The van der Waals surface area contributed by atoms with Crippen molar-refractivity contribution in [3.05, 3.63) is 70.2 Å². The highest BCUT2D eigenvalue weighted by molar-refractivity contribution is 9.10. The highest BCUT2D eigenvalue weighted by Crippen LogP contribution is 2.22. The zero-order chi connectivity index (χ0) is 16.2. The molecular formula is C17H17BrN2O2. The number of halogens is 1. The Labute approximate surface area is 138 Å². The maximum absolute atomic E-state index is 12.3. The van der Waals surface area contributed by atoms with Crippen LogP contribution in [0.2, 0.25) is 0 Å². The van der Waals surface area contributed by atoms with E-state index in [1.165, 1.54) is 0 Å². The van der Waals surface area contributed by atoms with Crippen molar-refractivity contribution in [2.75, 3.05) is 0 Å². The van der Waals surface area contributed by atoms with Gasteiger partial charge in [0.05, 0.1) is 11.0 Å². The number of benzene rings is 2. The lowest BCUT2D eigenvalue weighted by Crippen LogP contribution is -2.49. The molecule has 0 aliphatic rings. The number of hydrazine groups is 1. The van der Waals surface area contributed by atoms with Gasteiger partial charge < -0.3 is 0 Å². The molecule has 0 saturated heterocycles. The van der Waals surface area contributed by atoms with Crippen LogP contribution in [0.5, 0.6) is 0 Å². The van der Waals surface area contributed by atoms with E-state index in [9.17, 15) is 9.59 Å². The fraction of sp³-hybridized carbons (Fsp3) is 0.176. The number of amides is 2. The molecule has 0 atom stereocenters. The Balaban J connectivity index is 2.04. The van der Waals surface area contributed by atoms with Gasteiger partial charge in [0, 0.05) is 4.47 Å². The fourth-order valence-corrected chi connectivity index (χ4v) is 2.43. The summed E-state index contributed by atoms with van der Waals surface area (Å²) in [5.74, 6) is -0.649. The van der Waals surface area contributed by atoms with Gasteiger partial charge in [0.1, 0.15) is 0 Å². The maximum atomic E-state index is 12.3. The van der Waals surface area contributed by atoms with Gasteiger partial charge in [-0.15, -0.1) is 0 Å². The van der Waals surface area contributed by atoms with Crippen LogP contribution in [-0.2, 0) is 10.2 Å². The van der Waals surface area contributed by atoms with Crippen LogP contribution in [0.4, 0.5) is 0 Å². The quantitative estimate of drug-likeness (QED) is 0.825. The molecule has 0 spiro atoms. The Hall–Kier alpha value is -2.14. The predicted molar refractivity (Wildman–Crippen MR) is 89.2 cm³/mol. The zero-order valence-corrected chi connectivity index (χ0v) is 14.0. The lowest BCUT2D eigenvalue weighted by molar-refractivity contribution is -0.126. The lowest BCUT2D eigenvalue weighted by Gasteiger charge is -2.24. The number of carbonyl (C=O) groups is 2. The molecule has 0 aliphatic heterocycles. The van der Waals surface area contributed by atoms with E-state index in [-0.39, 0.29) is 11.8 Å². The normalized spacial score (nSPS) is 10.9. The molecule has 0 fully saturated rings. The molecule has 2 N–H and O–H groups in total. The van der Waals surface area contributed by atoms with Crippen molar-refractivity contribution in [3.8, 4) is 0 Å². The molecule has 0 saturated carbocycles. The van der Waals surface area contributed by atoms with E-state index in [1.54, 1.807) is 18.2 Å². The van der Waals surface area contributed by atoms with Gasteiger partial charge in [-0.2, -0.15) is 0 Å². The fourth-order valence-electron chi connectivity index (χ4n) is 1.97. The van der Waals surface area contributed by atoms with Crippen LogP contribution in [0, 0.1) is 0 Å². The van der Waals surface area contributed by atoms with Gasteiger partial charge in [0.25, 0.3) is 5.91 Å². The van der Waals surface area contributed by atoms with Crippen molar-refractivity contribution in [1.29, 1.82) is 0 Å². The average molecular weight is 361 g/mol. The van der Waals surface area contributed by atoms with Crippen molar-refractivity contribution in [1.82, 2.24) is 10.9 Å². The summed E-state index contributed by atoms with van der Waals surface area (Å²) in [4.78, 5) is 24.4. The van der Waals surface area contributed by atoms with Crippen LogP contribution in [0.25, 0.3) is 0 Å². The molecule has 0 heterocycles. The third-order valence-corrected chi connectivity index (χ3v) is 4.16. The number of nitrogens with one attached hydrogen (secondary N) is 2. The minimum atomic E-state index is -0.748. The number of carbonyl (C=O) groups excluding carboxylic acids is 2. The Morgan fingerprint density at radius 3 is 2.14 bits per heavy atom. The second-order valence-electron chi connectivity index (χ2n) is 5.38. The first-order valence-electron chi connectivity index (χ1n) is 6.84. The van der Waals surface area contributed by atoms with Crippen molar-refractivity contribution in [2.24, 2.45) is 0 Å². The van der Waals surface area contributed by atoms with Crippen molar-refractivity contribution < 1.29 is 9.59 Å². The number of hydrogen-bond acceptors (Lipinski definition) is 2. The zero-order valence-electron chi connectivity index (χ0n) is 12.4. The minimum Gasteiger partial charge on any atom is -0.272 e. The van der Waals surface area contributed by atoms with E-state index < -0.39 is 5.41 Å². The lowest BCUT2D eigenvalue weighted by atomic mass is 9.84. The van der Waals surface area contributed by atoms with E-state index in [4.69, 9.17) is 0 Å². The maximum Gasteiger partial charge on any atom is 0.270 e. The summed E-state index contributed by atoms with van der Waals surface area (Å²) in [7, 11) is 0. The molecule has 0 bridgehead atoms. The van der Waals surface area contributed by atoms with E-state index >= 15 is 0 Å². The topological polar surface area (TPSA) is 58.2 Å². The van der Waals surface area contributed by atoms with Crippen LogP contribution < -0.4 is 10.9 Å². The van der Waals surface area contributed by atoms with Crippen LogP contribution in [0.3, 0.4) is 0 Å². The van der Waals surface area contributed by atoms with Gasteiger partial charge in [-0.1, -0.05) is 42.5 Å². The summed E-state index contributed by atoms with van der Waals surface area (Å²) in [6, 6.07) is 16.4. The summed E-state index contributed by atoms with van der Waals surface area (Å²) in [6.45, 7) is 3.62. The van der Waals surface area contributed by atoms with Gasteiger partial charge in [0.15, 0.2) is 0 Å². The second-order valence-corrected chi connectivity index (χ2v) is 6.23. The molecule has 0 radical (unpaired) electrons. The molecular weight excluding hydrogens is 344 g/mol. The monoisotopic (exact) mass is 360 g/mol. The van der Waals surface area contributed by atoms with E-state index in [0.29, 0.717) is 10.0 Å². The van der Waals surface area contributed by atoms with Crippen molar-refractivity contribution in [3.63, 3.8) is 0 Å². The molecule has 2 amide bonds. The Morgan fingerprint density at radius 2 is 1.50 bits per heavy atom. The summed E-state index contributed by atoms with van der Waals surface area (Å²) in [6.07, 6.45) is 0. The van der Waals surface area contributed by atoms with Crippen molar-refractivity contribution in [2.45, 2.75) is 19.3 Å². The third-order valence-electron chi connectivity index (χ3n) is 3.47. The van der Waals surface area contributed by atoms with Gasteiger partial charge >= 0.3 is 0 Å². The summed E-state index contributed by atoms with van der Waals surface area (Å²) < 4.78 is 0.670. The van der Waals surface area contributed by atoms with Crippen LogP contribution in [0.1, 0.15) is 29.8 Å². The average Bonchev–Trinajstić information content (AvgIpc) is 2.53. The van der Waals surface area contributed by atoms with Gasteiger partial charge in [0.2, 0.25) is 5.91 Å². The molecule has 0 aliphatic carbocycles. The smallest absolute Gasteiger partial charge is 0.270 e. The van der Waals surface area contributed by atoms with Crippen LogP contribution in [-0.4, -0.2) is 11.8 Å². The highest BCUT2D eigenvalue weighted by atomic mass is 79.9. The SMILES string of the molecule is CC(C)(C(=O)NNC(=O)c1ccccc1Br)c1ccccc1. The van der Waals surface area contributed by atoms with E-state index in [1.807, 2.05) is 50.2 Å². The first kappa shape index (κ1) is 16.2. The summed E-state index contributed by atoms with van der Waals surface area (Å²) in [5, 5.41) is 0. The first-order chi connectivity index (χ1) is 10.4. The molecule has 2 rings (SSSR count). The van der Waals surface area contributed by atoms with E-state index in [0.717, 1.165) is 5.56 Å². The molecule has 0 unspecified atom stereocenters. The Morgan fingerprint density at radius 1 is 0.909 bits per heavy atom. The van der Waals surface area contributed by atoms with Gasteiger partial charge in [-0.05, 0) is 47.5 Å². The van der Waals surface area contributed by atoms with Crippen molar-refractivity contribution >= 4 is 27.7 Å². The predicted octanol–water partition coefficient (Wildman–Crippen LogP) is 3.19. The second kappa shape index (κ2) is 6.75. The number of hydrogen-bond donors (Lipinski definition) is 2. The van der Waals surface area contributed by atoms with Gasteiger partial charge in [-0.3, -0.25) is 20.4 Å². The largest absolute Gasteiger partial charge is 0.272 e. The molecule has 2 aromatic rings. The van der Waals surface area contributed by atoms with Gasteiger partial charge in [-0.25, -0.2) is 0 Å². The first-order valence-corrected chi connectivity index (χ1v) is 7.63. The standard InChI is InChI=1S/C17H17BrN2O2/c1-17(2,12-8-4-3-5-9-12)16(22)20-19-15(21)13-10-6-7-11-14(13)18/h3-11H,1-2H3,(H,19,21)(H,20,22). The molecule has 22 heavy (non-hydrogen) atoms. The summed E-state index contributed by atoms with van der Waals surface area (Å²) >= 11 is 3.31. The van der Waals surface area contributed by atoms with Crippen LogP contribution >= 0.6 is 15.9 Å². The molecule has 0 aromatic heterocycles. The van der Waals surface area contributed by atoms with E-state index in [2.05, 4.69) is 26.8 Å². The third kappa shape index (κ3) is 3.54. The summed E-state index contributed by atoms with van der Waals surface area (Å²) in [5.41, 5.74) is 5.52. The highest BCUT2D eigenvalue weighted by Gasteiger charge is 2.29. The Bertz CT molecular complexity index is 684. The molecule has 4 nitrogen and oxygen atoms in total. The molecule has 2 aromatic carbocycles. The molecule has 114 valence electrons. The van der Waals surface area contributed by atoms with Crippen LogP contribution in [0.15, 0.2) is 59.1 Å². The molecule has 5 heteroatoms. The minimum absolute atomic E-state index is 0.279. The number of rotatable bonds is 3.